The van der Waals surface area contributed by atoms with Crippen molar-refractivity contribution < 1.29 is 18.3 Å². The summed E-state index contributed by atoms with van der Waals surface area (Å²) in [6, 6.07) is 13.8. The first-order valence-corrected chi connectivity index (χ1v) is 8.30. The Hall–Kier alpha value is -2.73. The van der Waals surface area contributed by atoms with Crippen molar-refractivity contribution >= 4 is 16.7 Å². The first-order valence-electron chi connectivity index (χ1n) is 8.30. The Morgan fingerprint density at radius 2 is 1.85 bits per heavy atom. The van der Waals surface area contributed by atoms with Gasteiger partial charge in [-0.1, -0.05) is 30.3 Å². The van der Waals surface area contributed by atoms with Gasteiger partial charge in [-0.2, -0.15) is 8.78 Å². The number of ketones is 1. The predicted octanol–water partition coefficient (Wildman–Crippen LogP) is 4.47. The zero-order valence-corrected chi connectivity index (χ0v) is 14.6. The number of likely N-dealkylation sites (N-methyl/N-ethyl adjacent to an activating group) is 1. The minimum Gasteiger partial charge on any atom is -0.435 e. The minimum absolute atomic E-state index is 0.0302. The number of carbonyl (C=O) groups is 1. The van der Waals surface area contributed by atoms with Crippen LogP contribution in [-0.4, -0.2) is 35.4 Å². The number of aromatic amines is 1. The van der Waals surface area contributed by atoms with Gasteiger partial charge in [0, 0.05) is 29.2 Å². The number of benzene rings is 2. The Kier molecular flexibility index (Phi) is 5.32. The van der Waals surface area contributed by atoms with Crippen molar-refractivity contribution in [2.45, 2.75) is 26.1 Å². The summed E-state index contributed by atoms with van der Waals surface area (Å²) in [6.07, 6.45) is 1.74. The van der Waals surface area contributed by atoms with Crippen molar-refractivity contribution in [1.82, 2.24) is 9.88 Å². The number of halogens is 2. The third kappa shape index (κ3) is 3.91. The molecule has 0 aliphatic rings. The van der Waals surface area contributed by atoms with Gasteiger partial charge in [-0.15, -0.1) is 0 Å². The zero-order chi connectivity index (χ0) is 18.7. The van der Waals surface area contributed by atoms with E-state index in [9.17, 15) is 13.6 Å². The second-order valence-corrected chi connectivity index (χ2v) is 6.23. The maximum atomic E-state index is 12.9. The molecule has 0 amide bonds. The van der Waals surface area contributed by atoms with Gasteiger partial charge in [-0.25, -0.2) is 0 Å². The molecule has 4 nitrogen and oxygen atoms in total. The first kappa shape index (κ1) is 18.1. The van der Waals surface area contributed by atoms with Crippen molar-refractivity contribution in [3.05, 3.63) is 65.9 Å². The number of aromatic nitrogens is 1. The largest absolute Gasteiger partial charge is 0.435 e. The molecule has 0 unspecified atom stereocenters. The summed E-state index contributed by atoms with van der Waals surface area (Å²) in [7, 11) is 1.86. The Bertz CT molecular complexity index is 890. The lowest BCUT2D eigenvalue weighted by Gasteiger charge is -2.23. The van der Waals surface area contributed by atoms with Gasteiger partial charge in [0.2, 0.25) is 0 Å². The van der Waals surface area contributed by atoms with Crippen molar-refractivity contribution in [2.75, 3.05) is 7.05 Å². The Labute approximate surface area is 150 Å². The molecule has 0 aliphatic carbocycles. The second kappa shape index (κ2) is 7.66. The number of nitrogens with one attached hydrogen (secondary N) is 1. The third-order valence-electron chi connectivity index (χ3n) is 4.48. The van der Waals surface area contributed by atoms with Gasteiger partial charge >= 0.3 is 6.61 Å². The molecule has 6 heteroatoms. The fourth-order valence-corrected chi connectivity index (χ4v) is 2.90. The number of rotatable bonds is 7. The monoisotopic (exact) mass is 358 g/mol. The molecule has 0 fully saturated rings. The highest BCUT2D eigenvalue weighted by Crippen LogP contribution is 2.21. The van der Waals surface area contributed by atoms with Crippen LogP contribution in [0.3, 0.4) is 0 Å². The SMILES string of the molecule is C[C@H](C(=O)c1c[nH]c2ccccc12)N(C)Cc1ccc(OC(F)F)cc1. The van der Waals surface area contributed by atoms with Gasteiger partial charge < -0.3 is 9.72 Å². The number of Topliss-reactive ketones (excluding diaryl/α,β-unsaturated/α-hetero) is 1. The van der Waals surface area contributed by atoms with Crippen molar-refractivity contribution in [1.29, 1.82) is 0 Å². The molecule has 0 spiro atoms. The Morgan fingerprint density at radius 3 is 2.54 bits per heavy atom. The van der Waals surface area contributed by atoms with E-state index < -0.39 is 6.61 Å². The molecule has 1 N–H and O–H groups in total. The van der Waals surface area contributed by atoms with Gasteiger partial charge in [0.25, 0.3) is 0 Å². The van der Waals surface area contributed by atoms with Crippen molar-refractivity contribution in [3.8, 4) is 5.75 Å². The molecule has 0 saturated carbocycles. The summed E-state index contributed by atoms with van der Waals surface area (Å²) in [6.45, 7) is -0.458. The molecule has 0 aliphatic heterocycles. The van der Waals surface area contributed by atoms with E-state index in [1.807, 2.05) is 43.1 Å². The van der Waals surface area contributed by atoms with Crippen molar-refractivity contribution in [3.63, 3.8) is 0 Å². The van der Waals surface area contributed by atoms with E-state index in [1.54, 1.807) is 18.3 Å². The molecule has 1 atom stereocenters. The molecule has 1 heterocycles. The van der Waals surface area contributed by atoms with Crippen molar-refractivity contribution in [2.24, 2.45) is 0 Å². The van der Waals surface area contributed by atoms with E-state index in [1.165, 1.54) is 12.1 Å². The molecule has 3 aromatic rings. The van der Waals surface area contributed by atoms with Crippen LogP contribution in [0.4, 0.5) is 8.78 Å². The zero-order valence-electron chi connectivity index (χ0n) is 14.6. The lowest BCUT2D eigenvalue weighted by Crippen LogP contribution is -2.35. The van der Waals surface area contributed by atoms with Crippen LogP contribution >= 0.6 is 0 Å². The number of H-pyrrole nitrogens is 1. The average molecular weight is 358 g/mol. The number of hydrogen-bond donors (Lipinski definition) is 1. The summed E-state index contributed by atoms with van der Waals surface area (Å²) >= 11 is 0. The number of ether oxygens (including phenoxy) is 1. The quantitative estimate of drug-likeness (QED) is 0.634. The highest BCUT2D eigenvalue weighted by molar-refractivity contribution is 6.10. The number of hydrogen-bond acceptors (Lipinski definition) is 3. The number of alkyl halides is 2. The lowest BCUT2D eigenvalue weighted by molar-refractivity contribution is -0.0498. The van der Waals surface area contributed by atoms with Gasteiger partial charge in [-0.3, -0.25) is 9.69 Å². The van der Waals surface area contributed by atoms with E-state index in [0.29, 0.717) is 12.1 Å². The van der Waals surface area contributed by atoms with Crippen LogP contribution in [0, 0.1) is 0 Å². The predicted molar refractivity (Wildman–Crippen MR) is 96.6 cm³/mol. The van der Waals surface area contributed by atoms with Gasteiger partial charge in [0.15, 0.2) is 5.78 Å². The summed E-state index contributed by atoms with van der Waals surface area (Å²) in [5.74, 6) is 0.150. The van der Waals surface area contributed by atoms with Crippen LogP contribution in [0.25, 0.3) is 10.9 Å². The van der Waals surface area contributed by atoms with Crippen LogP contribution in [0.2, 0.25) is 0 Å². The smallest absolute Gasteiger partial charge is 0.387 e. The molecule has 2 aromatic carbocycles. The van der Waals surface area contributed by atoms with E-state index in [2.05, 4.69) is 9.72 Å². The number of para-hydroxylation sites is 1. The average Bonchev–Trinajstić information content (AvgIpc) is 3.05. The molecule has 0 radical (unpaired) electrons. The Morgan fingerprint density at radius 1 is 1.15 bits per heavy atom. The topological polar surface area (TPSA) is 45.3 Å². The van der Waals surface area contributed by atoms with Crippen LogP contribution in [0.1, 0.15) is 22.8 Å². The summed E-state index contributed by atoms with van der Waals surface area (Å²) in [5, 5.41) is 0.909. The molecular formula is C20H20F2N2O2. The normalized spacial score (nSPS) is 12.7. The van der Waals surface area contributed by atoms with Crippen LogP contribution in [-0.2, 0) is 6.54 Å². The Balaban J connectivity index is 1.69. The summed E-state index contributed by atoms with van der Waals surface area (Å²) in [5.41, 5.74) is 2.51. The van der Waals surface area contributed by atoms with Crippen LogP contribution < -0.4 is 4.74 Å². The lowest BCUT2D eigenvalue weighted by atomic mass is 10.0. The number of carbonyl (C=O) groups excluding carboxylic acids is 1. The maximum Gasteiger partial charge on any atom is 0.387 e. The molecular weight excluding hydrogens is 338 g/mol. The fraction of sp³-hybridized carbons (Fsp3) is 0.250. The van der Waals surface area contributed by atoms with E-state index in [0.717, 1.165) is 16.5 Å². The van der Waals surface area contributed by atoms with E-state index in [4.69, 9.17) is 0 Å². The summed E-state index contributed by atoms with van der Waals surface area (Å²) in [4.78, 5) is 17.9. The first-order chi connectivity index (χ1) is 12.5. The fourth-order valence-electron chi connectivity index (χ4n) is 2.90. The molecule has 0 saturated heterocycles. The molecule has 1 aromatic heterocycles. The summed E-state index contributed by atoms with van der Waals surface area (Å²) < 4.78 is 28.7. The third-order valence-corrected chi connectivity index (χ3v) is 4.48. The molecule has 0 bridgehead atoms. The van der Waals surface area contributed by atoms with Gasteiger partial charge in [-0.05, 0) is 37.7 Å². The molecule has 136 valence electrons. The van der Waals surface area contributed by atoms with E-state index in [-0.39, 0.29) is 17.6 Å². The second-order valence-electron chi connectivity index (χ2n) is 6.23. The molecule has 3 rings (SSSR count). The molecule has 26 heavy (non-hydrogen) atoms. The maximum absolute atomic E-state index is 12.9. The highest BCUT2D eigenvalue weighted by atomic mass is 19.3. The van der Waals surface area contributed by atoms with Gasteiger partial charge in [0.05, 0.1) is 6.04 Å². The standard InChI is InChI=1S/C20H20F2N2O2/c1-13(19(25)17-11-23-18-6-4-3-5-16(17)18)24(2)12-14-7-9-15(10-8-14)26-20(21)22/h3-11,13,20,23H,12H2,1-2H3/t13-/m1/s1. The minimum atomic E-state index is -2.84. The highest BCUT2D eigenvalue weighted by Gasteiger charge is 2.22. The van der Waals surface area contributed by atoms with Crippen LogP contribution in [0.5, 0.6) is 5.75 Å². The number of fused-ring (bicyclic) bond motifs is 1. The van der Waals surface area contributed by atoms with E-state index >= 15 is 0 Å². The van der Waals surface area contributed by atoms with Crippen LogP contribution in [0.15, 0.2) is 54.7 Å². The van der Waals surface area contributed by atoms with Gasteiger partial charge in [0.1, 0.15) is 5.75 Å². The number of nitrogens with zero attached hydrogens (tertiary/aromatic N) is 1.